The minimum Gasteiger partial charge on any atom is -0.483 e. The zero-order chi connectivity index (χ0) is 32.8. The van der Waals surface area contributed by atoms with Crippen LogP contribution in [-0.4, -0.2) is 29.0 Å². The summed E-state index contributed by atoms with van der Waals surface area (Å²) in [6.45, 7) is 13.0. The van der Waals surface area contributed by atoms with Crippen LogP contribution in [0.5, 0.6) is 5.75 Å². The molecule has 0 unspecified atom stereocenters. The molecule has 0 saturated carbocycles. The molecule has 0 radical (unpaired) electrons. The van der Waals surface area contributed by atoms with Gasteiger partial charge in [0.05, 0.1) is 0 Å². The number of hydrogen-bond donors (Lipinski definition) is 1. The van der Waals surface area contributed by atoms with E-state index < -0.39 is 5.92 Å². The lowest BCUT2D eigenvalue weighted by molar-refractivity contribution is -0.120. The lowest BCUT2D eigenvalue weighted by Crippen LogP contribution is -2.44. The quantitative estimate of drug-likeness (QED) is 0.290. The number of anilines is 1. The van der Waals surface area contributed by atoms with Gasteiger partial charge in [0.2, 0.25) is 0 Å². The smallest absolute Gasteiger partial charge is 0.262 e. The van der Waals surface area contributed by atoms with Crippen molar-refractivity contribution >= 4 is 23.2 Å². The third kappa shape index (κ3) is 6.18. The standard InChI is InChI=1S/C40H44N2O4/c1-25-13-12-17-29(26(25)2)41-35(45)24-46-34-18-11-10-16-28(34)36-37-30(19-39(3,4)21-32(37)43)42(23-27-14-8-7-9-15-27)31-20-40(5,6)22-33(44)38(31)36/h7-18,36H,19-24H2,1-6H3,(H,41,45). The molecule has 2 aliphatic carbocycles. The second-order valence-corrected chi connectivity index (χ2v) is 14.7. The normalized spacial score (nSPS) is 19.1. The number of nitrogens with zero attached hydrogens (tertiary/aromatic N) is 1. The fraction of sp³-hybridized carbons (Fsp3) is 0.375. The Kier molecular flexibility index (Phi) is 8.26. The van der Waals surface area contributed by atoms with E-state index in [1.54, 1.807) is 0 Å². The second-order valence-electron chi connectivity index (χ2n) is 14.7. The van der Waals surface area contributed by atoms with Gasteiger partial charge in [-0.3, -0.25) is 14.4 Å². The Balaban J connectivity index is 1.43. The van der Waals surface area contributed by atoms with Crippen molar-refractivity contribution in [3.63, 3.8) is 0 Å². The predicted molar refractivity (Wildman–Crippen MR) is 181 cm³/mol. The molecule has 6 nitrogen and oxygen atoms in total. The molecule has 3 aromatic rings. The van der Waals surface area contributed by atoms with Crippen molar-refractivity contribution in [2.24, 2.45) is 10.8 Å². The maximum atomic E-state index is 14.3. The molecule has 1 aliphatic heterocycles. The third-order valence-corrected chi connectivity index (χ3v) is 9.67. The molecule has 6 heteroatoms. The zero-order valence-corrected chi connectivity index (χ0v) is 27.8. The van der Waals surface area contributed by atoms with Gasteiger partial charge in [-0.15, -0.1) is 0 Å². The molecule has 1 heterocycles. The van der Waals surface area contributed by atoms with Gasteiger partial charge in [0.15, 0.2) is 18.2 Å². The van der Waals surface area contributed by atoms with Crippen LogP contribution < -0.4 is 10.1 Å². The molecule has 46 heavy (non-hydrogen) atoms. The summed E-state index contributed by atoms with van der Waals surface area (Å²) in [6.07, 6.45) is 2.27. The summed E-state index contributed by atoms with van der Waals surface area (Å²) in [4.78, 5) is 43.9. The van der Waals surface area contributed by atoms with E-state index in [9.17, 15) is 14.4 Å². The van der Waals surface area contributed by atoms with E-state index in [0.29, 0.717) is 36.3 Å². The molecule has 238 valence electrons. The average Bonchev–Trinajstić information content (AvgIpc) is 2.98. The van der Waals surface area contributed by atoms with Gasteiger partial charge >= 0.3 is 0 Å². The van der Waals surface area contributed by atoms with E-state index in [4.69, 9.17) is 4.74 Å². The number of aryl methyl sites for hydroxylation is 1. The predicted octanol–water partition coefficient (Wildman–Crippen LogP) is 8.21. The molecule has 1 amide bonds. The zero-order valence-electron chi connectivity index (χ0n) is 27.8. The Morgan fingerprint density at radius 1 is 0.783 bits per heavy atom. The number of ketones is 2. The van der Waals surface area contributed by atoms with Crippen LogP contribution in [0.25, 0.3) is 0 Å². The van der Waals surface area contributed by atoms with Crippen LogP contribution in [0.4, 0.5) is 5.69 Å². The maximum Gasteiger partial charge on any atom is 0.262 e. The van der Waals surface area contributed by atoms with Gasteiger partial charge in [-0.05, 0) is 66.3 Å². The van der Waals surface area contributed by atoms with Gasteiger partial charge in [-0.25, -0.2) is 0 Å². The van der Waals surface area contributed by atoms with Crippen LogP contribution >= 0.6 is 0 Å². The third-order valence-electron chi connectivity index (χ3n) is 9.67. The lowest BCUT2D eigenvalue weighted by Gasteiger charge is -2.49. The minimum atomic E-state index is -0.553. The lowest BCUT2D eigenvalue weighted by atomic mass is 9.63. The van der Waals surface area contributed by atoms with E-state index in [-0.39, 0.29) is 34.9 Å². The van der Waals surface area contributed by atoms with Crippen molar-refractivity contribution in [1.82, 2.24) is 4.90 Å². The SMILES string of the molecule is Cc1cccc(NC(=O)COc2ccccc2C2C3=C(CC(C)(C)CC3=O)N(Cc3ccccc3)C3=C2C(=O)CC(C)(C)C3)c1C. The first-order valence-corrected chi connectivity index (χ1v) is 16.3. The Morgan fingerprint density at radius 2 is 1.37 bits per heavy atom. The van der Waals surface area contributed by atoms with Crippen LogP contribution in [0.15, 0.2) is 95.3 Å². The fourth-order valence-corrected chi connectivity index (χ4v) is 7.38. The second kappa shape index (κ2) is 12.1. The molecule has 0 atom stereocenters. The van der Waals surface area contributed by atoms with Crippen LogP contribution in [0, 0.1) is 24.7 Å². The van der Waals surface area contributed by atoms with E-state index >= 15 is 0 Å². The van der Waals surface area contributed by atoms with Gasteiger partial charge in [0, 0.05) is 59.1 Å². The summed E-state index contributed by atoms with van der Waals surface area (Å²) in [5.74, 6) is -0.175. The molecule has 0 spiro atoms. The van der Waals surface area contributed by atoms with E-state index in [1.807, 2.05) is 74.5 Å². The number of amides is 1. The van der Waals surface area contributed by atoms with E-state index in [0.717, 1.165) is 52.2 Å². The summed E-state index contributed by atoms with van der Waals surface area (Å²) in [5, 5.41) is 2.97. The van der Waals surface area contributed by atoms with Crippen LogP contribution in [0.1, 0.15) is 81.5 Å². The van der Waals surface area contributed by atoms with Crippen LogP contribution in [0.2, 0.25) is 0 Å². The Morgan fingerprint density at radius 3 is 2.00 bits per heavy atom. The Labute approximate surface area is 272 Å². The van der Waals surface area contributed by atoms with Gasteiger partial charge in [0.25, 0.3) is 5.91 Å². The molecule has 3 aromatic carbocycles. The monoisotopic (exact) mass is 616 g/mol. The topological polar surface area (TPSA) is 75.7 Å². The highest BCUT2D eigenvalue weighted by molar-refractivity contribution is 6.07. The first-order valence-electron chi connectivity index (χ1n) is 16.3. The van der Waals surface area contributed by atoms with Crippen LogP contribution in [-0.2, 0) is 20.9 Å². The highest BCUT2D eigenvalue weighted by Crippen LogP contribution is 2.55. The minimum absolute atomic E-state index is 0.0703. The number of carbonyl (C=O) groups is 3. The maximum absolute atomic E-state index is 14.3. The van der Waals surface area contributed by atoms with Crippen molar-refractivity contribution in [3.05, 3.63) is 118 Å². The molecule has 0 aromatic heterocycles. The Hall–Kier alpha value is -4.45. The summed E-state index contributed by atoms with van der Waals surface area (Å²) in [5.41, 5.74) is 7.69. The first kappa shape index (κ1) is 31.5. The highest BCUT2D eigenvalue weighted by atomic mass is 16.5. The van der Waals surface area contributed by atoms with E-state index in [1.165, 1.54) is 0 Å². The van der Waals surface area contributed by atoms with Crippen molar-refractivity contribution < 1.29 is 19.1 Å². The van der Waals surface area contributed by atoms with Crippen molar-refractivity contribution in [1.29, 1.82) is 0 Å². The van der Waals surface area contributed by atoms with Crippen molar-refractivity contribution in [3.8, 4) is 5.75 Å². The number of para-hydroxylation sites is 1. The van der Waals surface area contributed by atoms with Crippen molar-refractivity contribution in [2.75, 3.05) is 11.9 Å². The molecule has 0 fully saturated rings. The van der Waals surface area contributed by atoms with E-state index in [2.05, 4.69) is 50.0 Å². The molecule has 1 N–H and O–H groups in total. The molecule has 3 aliphatic rings. The average molecular weight is 617 g/mol. The molecular weight excluding hydrogens is 572 g/mol. The van der Waals surface area contributed by atoms with Gasteiger partial charge < -0.3 is 15.0 Å². The largest absolute Gasteiger partial charge is 0.483 e. The number of benzene rings is 3. The molecule has 0 saturated heterocycles. The fourth-order valence-electron chi connectivity index (χ4n) is 7.38. The number of Topliss-reactive ketones (excluding diaryl/α,β-unsaturated/α-hetero) is 2. The summed E-state index contributed by atoms with van der Waals surface area (Å²) < 4.78 is 6.24. The molecular formula is C40H44N2O4. The number of ether oxygens (including phenoxy) is 1. The number of rotatable bonds is 7. The Bertz CT molecular complexity index is 1730. The molecule has 0 bridgehead atoms. The van der Waals surface area contributed by atoms with Gasteiger partial charge in [-0.2, -0.15) is 0 Å². The van der Waals surface area contributed by atoms with Crippen LogP contribution in [0.3, 0.4) is 0 Å². The number of nitrogens with one attached hydrogen (secondary N) is 1. The van der Waals surface area contributed by atoms with Gasteiger partial charge in [-0.1, -0.05) is 88.4 Å². The summed E-state index contributed by atoms with van der Waals surface area (Å²) >= 11 is 0. The highest BCUT2D eigenvalue weighted by Gasteiger charge is 2.49. The number of allylic oxidation sites excluding steroid dienone is 4. The van der Waals surface area contributed by atoms with Crippen molar-refractivity contribution in [2.45, 2.75) is 79.7 Å². The summed E-state index contributed by atoms with van der Waals surface area (Å²) in [7, 11) is 0. The number of hydrogen-bond acceptors (Lipinski definition) is 5. The summed E-state index contributed by atoms with van der Waals surface area (Å²) in [6, 6.07) is 23.7. The number of carbonyl (C=O) groups excluding carboxylic acids is 3. The van der Waals surface area contributed by atoms with Gasteiger partial charge in [0.1, 0.15) is 5.75 Å². The molecule has 6 rings (SSSR count). The first-order chi connectivity index (χ1) is 21.8.